The van der Waals surface area contributed by atoms with Crippen LogP contribution in [0.25, 0.3) is 0 Å². The average Bonchev–Trinajstić information content (AvgIpc) is 2.40. The van der Waals surface area contributed by atoms with Gasteiger partial charge in [-0.1, -0.05) is 34.1 Å². The summed E-state index contributed by atoms with van der Waals surface area (Å²) in [5.41, 5.74) is 2.92. The number of halogens is 4. The van der Waals surface area contributed by atoms with Gasteiger partial charge in [0, 0.05) is 16.7 Å². The molecule has 21 heavy (non-hydrogen) atoms. The average molecular weight is 360 g/mol. The standard InChI is InChI=1S/C15H13BrF3NO/c1-10-13(16)3-2-4-14(10)20-9-11-5-7-12(8-6-11)21-15(17,18)19/h2-8,20H,9H2,1H3. The summed E-state index contributed by atoms with van der Waals surface area (Å²) in [6.07, 6.45) is -4.66. The second-order valence-electron chi connectivity index (χ2n) is 4.46. The third-order valence-corrected chi connectivity index (χ3v) is 3.77. The van der Waals surface area contributed by atoms with Gasteiger partial charge in [0.1, 0.15) is 5.75 Å². The van der Waals surface area contributed by atoms with Crippen LogP contribution in [0.1, 0.15) is 11.1 Å². The maximum Gasteiger partial charge on any atom is 0.573 e. The molecule has 2 aromatic rings. The van der Waals surface area contributed by atoms with Gasteiger partial charge in [0.2, 0.25) is 0 Å². The molecule has 0 amide bonds. The van der Waals surface area contributed by atoms with Crippen LogP contribution in [0, 0.1) is 6.92 Å². The third-order valence-electron chi connectivity index (χ3n) is 2.91. The summed E-state index contributed by atoms with van der Waals surface area (Å²) in [7, 11) is 0. The molecule has 0 fully saturated rings. The Bertz CT molecular complexity index is 611. The monoisotopic (exact) mass is 359 g/mol. The van der Waals surface area contributed by atoms with Crippen LogP contribution in [0.4, 0.5) is 18.9 Å². The van der Waals surface area contributed by atoms with Gasteiger partial charge >= 0.3 is 6.36 Å². The smallest absolute Gasteiger partial charge is 0.406 e. The van der Waals surface area contributed by atoms with E-state index in [9.17, 15) is 13.2 Å². The SMILES string of the molecule is Cc1c(Br)cccc1NCc1ccc(OC(F)(F)F)cc1. The van der Waals surface area contributed by atoms with Crippen LogP contribution in [-0.2, 0) is 6.54 Å². The van der Waals surface area contributed by atoms with Crippen molar-refractivity contribution in [1.82, 2.24) is 0 Å². The van der Waals surface area contributed by atoms with Crippen LogP contribution < -0.4 is 10.1 Å². The van der Waals surface area contributed by atoms with Crippen molar-refractivity contribution in [3.05, 3.63) is 58.1 Å². The lowest BCUT2D eigenvalue weighted by atomic mass is 10.1. The first-order chi connectivity index (χ1) is 9.85. The summed E-state index contributed by atoms with van der Waals surface area (Å²) in [4.78, 5) is 0. The Labute approximate surface area is 129 Å². The van der Waals surface area contributed by atoms with Crippen molar-refractivity contribution >= 4 is 21.6 Å². The molecule has 2 nitrogen and oxygen atoms in total. The first-order valence-electron chi connectivity index (χ1n) is 6.19. The van der Waals surface area contributed by atoms with E-state index in [1.807, 2.05) is 25.1 Å². The van der Waals surface area contributed by atoms with Gasteiger partial charge < -0.3 is 10.1 Å². The van der Waals surface area contributed by atoms with Gasteiger partial charge in [0.15, 0.2) is 0 Å². The molecule has 6 heteroatoms. The van der Waals surface area contributed by atoms with Crippen molar-refractivity contribution in [2.75, 3.05) is 5.32 Å². The molecule has 1 N–H and O–H groups in total. The van der Waals surface area contributed by atoms with Gasteiger partial charge in [-0.3, -0.25) is 0 Å². The van der Waals surface area contributed by atoms with Gasteiger partial charge in [-0.25, -0.2) is 0 Å². The first kappa shape index (κ1) is 15.7. The van der Waals surface area contributed by atoms with E-state index in [4.69, 9.17) is 0 Å². The van der Waals surface area contributed by atoms with Gasteiger partial charge in [-0.2, -0.15) is 0 Å². The predicted molar refractivity (Wildman–Crippen MR) is 79.3 cm³/mol. The lowest BCUT2D eigenvalue weighted by Crippen LogP contribution is -2.17. The van der Waals surface area contributed by atoms with E-state index in [-0.39, 0.29) is 5.75 Å². The molecular weight excluding hydrogens is 347 g/mol. The second-order valence-corrected chi connectivity index (χ2v) is 5.31. The van der Waals surface area contributed by atoms with E-state index < -0.39 is 6.36 Å². The highest BCUT2D eigenvalue weighted by molar-refractivity contribution is 9.10. The maximum absolute atomic E-state index is 12.1. The van der Waals surface area contributed by atoms with E-state index in [0.29, 0.717) is 6.54 Å². The Hall–Kier alpha value is -1.69. The minimum absolute atomic E-state index is 0.218. The normalized spacial score (nSPS) is 11.3. The minimum Gasteiger partial charge on any atom is -0.406 e. The van der Waals surface area contributed by atoms with Crippen LogP contribution in [0.5, 0.6) is 5.75 Å². The molecular formula is C15H13BrF3NO. The van der Waals surface area contributed by atoms with Crippen LogP contribution in [0.3, 0.4) is 0 Å². The third kappa shape index (κ3) is 4.67. The number of ether oxygens (including phenoxy) is 1. The quantitative estimate of drug-likeness (QED) is 0.802. The van der Waals surface area contributed by atoms with Crippen LogP contribution >= 0.6 is 15.9 Å². The number of nitrogens with one attached hydrogen (secondary N) is 1. The van der Waals surface area contributed by atoms with Crippen molar-refractivity contribution in [3.8, 4) is 5.75 Å². The van der Waals surface area contributed by atoms with Crippen LogP contribution in [-0.4, -0.2) is 6.36 Å². The van der Waals surface area contributed by atoms with E-state index in [1.165, 1.54) is 12.1 Å². The number of hydrogen-bond acceptors (Lipinski definition) is 2. The molecule has 2 rings (SSSR count). The van der Waals surface area contributed by atoms with E-state index in [1.54, 1.807) is 12.1 Å². The van der Waals surface area contributed by atoms with E-state index in [2.05, 4.69) is 26.0 Å². The Kier molecular flexibility index (Phi) is 4.77. The van der Waals surface area contributed by atoms with Crippen LogP contribution in [0.15, 0.2) is 46.9 Å². The van der Waals surface area contributed by atoms with E-state index >= 15 is 0 Å². The summed E-state index contributed by atoms with van der Waals surface area (Å²) < 4.78 is 41.0. The molecule has 0 radical (unpaired) electrons. The van der Waals surface area contributed by atoms with Crippen molar-refractivity contribution < 1.29 is 17.9 Å². The predicted octanol–water partition coefficient (Wildman–Crippen LogP) is 5.27. The topological polar surface area (TPSA) is 21.3 Å². The molecule has 0 bridgehead atoms. The van der Waals surface area contributed by atoms with Crippen molar-refractivity contribution in [2.45, 2.75) is 19.8 Å². The maximum atomic E-state index is 12.1. The summed E-state index contributed by atoms with van der Waals surface area (Å²) in [6.45, 7) is 2.50. The molecule has 112 valence electrons. The lowest BCUT2D eigenvalue weighted by Gasteiger charge is -2.12. The zero-order valence-electron chi connectivity index (χ0n) is 11.2. The van der Waals surface area contributed by atoms with Crippen molar-refractivity contribution in [2.24, 2.45) is 0 Å². The zero-order valence-corrected chi connectivity index (χ0v) is 12.8. The number of rotatable bonds is 4. The number of benzene rings is 2. The van der Waals surface area contributed by atoms with Crippen LogP contribution in [0.2, 0.25) is 0 Å². The zero-order chi connectivity index (χ0) is 15.5. The minimum atomic E-state index is -4.66. The van der Waals surface area contributed by atoms with Gasteiger partial charge in [-0.05, 0) is 42.3 Å². The molecule has 0 saturated carbocycles. The lowest BCUT2D eigenvalue weighted by molar-refractivity contribution is -0.274. The highest BCUT2D eigenvalue weighted by atomic mass is 79.9. The summed E-state index contributed by atoms with van der Waals surface area (Å²) >= 11 is 3.45. The first-order valence-corrected chi connectivity index (χ1v) is 6.98. The Balaban J connectivity index is 1.99. The molecule has 0 saturated heterocycles. The summed E-state index contributed by atoms with van der Waals surface area (Å²) in [5, 5.41) is 3.24. The van der Waals surface area contributed by atoms with Gasteiger partial charge in [0.25, 0.3) is 0 Å². The molecule has 0 spiro atoms. The Morgan fingerprint density at radius 1 is 1.10 bits per heavy atom. The second kappa shape index (κ2) is 6.39. The van der Waals surface area contributed by atoms with Gasteiger partial charge in [0.05, 0.1) is 0 Å². The van der Waals surface area contributed by atoms with Gasteiger partial charge in [-0.15, -0.1) is 13.2 Å². The molecule has 0 aliphatic rings. The largest absolute Gasteiger partial charge is 0.573 e. The molecule has 0 aliphatic heterocycles. The summed E-state index contributed by atoms with van der Waals surface area (Å²) in [6, 6.07) is 11.6. The number of alkyl halides is 3. The fourth-order valence-electron chi connectivity index (χ4n) is 1.81. The van der Waals surface area contributed by atoms with Crippen molar-refractivity contribution in [1.29, 1.82) is 0 Å². The molecule has 0 aliphatic carbocycles. The highest BCUT2D eigenvalue weighted by Crippen LogP contribution is 2.25. The number of hydrogen-bond donors (Lipinski definition) is 1. The molecule has 0 atom stereocenters. The molecule has 2 aromatic carbocycles. The highest BCUT2D eigenvalue weighted by Gasteiger charge is 2.30. The molecule has 0 aromatic heterocycles. The fourth-order valence-corrected chi connectivity index (χ4v) is 2.17. The van der Waals surface area contributed by atoms with E-state index in [0.717, 1.165) is 21.3 Å². The molecule has 0 heterocycles. The fraction of sp³-hybridized carbons (Fsp3) is 0.200. The molecule has 0 unspecified atom stereocenters. The van der Waals surface area contributed by atoms with Crippen molar-refractivity contribution in [3.63, 3.8) is 0 Å². The summed E-state index contributed by atoms with van der Waals surface area (Å²) in [5.74, 6) is -0.218. The Morgan fingerprint density at radius 2 is 1.76 bits per heavy atom. The number of anilines is 1. The Morgan fingerprint density at radius 3 is 2.38 bits per heavy atom.